The van der Waals surface area contributed by atoms with Gasteiger partial charge < -0.3 is 9.42 Å². The van der Waals surface area contributed by atoms with Gasteiger partial charge in [-0.05, 0) is 18.6 Å². The number of anilines is 1. The number of carbonyl (C=O) groups is 1. The fourth-order valence-electron chi connectivity index (χ4n) is 2.58. The summed E-state index contributed by atoms with van der Waals surface area (Å²) in [6, 6.07) is 3.05. The lowest BCUT2D eigenvalue weighted by molar-refractivity contribution is -0.117. The largest absolute Gasteiger partial charge is 0.339 e. The van der Waals surface area contributed by atoms with Crippen molar-refractivity contribution in [2.75, 3.05) is 11.4 Å². The molecule has 1 aromatic carbocycles. The standard InChI is InChI=1S/C15H15F2N3O2/c1-2-3-13-18-15(22-19-13)9-4-14(21)20(8-9)12-6-10(16)5-11(17)7-12/h5-7,9H,2-4,8H2,1H3. The van der Waals surface area contributed by atoms with Crippen LogP contribution >= 0.6 is 0 Å². The lowest BCUT2D eigenvalue weighted by atomic mass is 10.1. The Hall–Kier alpha value is -2.31. The van der Waals surface area contributed by atoms with E-state index in [1.165, 1.54) is 4.90 Å². The number of halogens is 2. The summed E-state index contributed by atoms with van der Waals surface area (Å²) in [6.07, 6.45) is 1.80. The van der Waals surface area contributed by atoms with Crippen LogP contribution in [0.4, 0.5) is 14.5 Å². The molecule has 0 spiro atoms. The minimum Gasteiger partial charge on any atom is -0.339 e. The first-order valence-electron chi connectivity index (χ1n) is 7.15. The van der Waals surface area contributed by atoms with Gasteiger partial charge in [0, 0.05) is 31.1 Å². The molecule has 2 heterocycles. The van der Waals surface area contributed by atoms with Crippen molar-refractivity contribution < 1.29 is 18.1 Å². The van der Waals surface area contributed by atoms with Crippen LogP contribution in [0.3, 0.4) is 0 Å². The van der Waals surface area contributed by atoms with Crippen molar-refractivity contribution in [2.24, 2.45) is 0 Å². The zero-order valence-corrected chi connectivity index (χ0v) is 12.1. The van der Waals surface area contributed by atoms with Crippen LogP contribution in [0.25, 0.3) is 0 Å². The third-order valence-corrected chi connectivity index (χ3v) is 3.59. The van der Waals surface area contributed by atoms with Gasteiger partial charge in [0.05, 0.1) is 5.92 Å². The van der Waals surface area contributed by atoms with E-state index < -0.39 is 11.6 Å². The monoisotopic (exact) mass is 307 g/mol. The maximum absolute atomic E-state index is 13.3. The summed E-state index contributed by atoms with van der Waals surface area (Å²) in [4.78, 5) is 17.7. The number of hydrogen-bond acceptors (Lipinski definition) is 4. The number of carbonyl (C=O) groups excluding carboxylic acids is 1. The predicted molar refractivity (Wildman–Crippen MR) is 74.4 cm³/mol. The normalized spacial score (nSPS) is 18.2. The summed E-state index contributed by atoms with van der Waals surface area (Å²) in [5, 5.41) is 3.87. The zero-order chi connectivity index (χ0) is 15.7. The Kier molecular flexibility index (Phi) is 3.87. The van der Waals surface area contributed by atoms with Crippen LogP contribution < -0.4 is 4.90 Å². The Labute approximate surface area is 125 Å². The van der Waals surface area contributed by atoms with Crippen LogP contribution in [0.1, 0.15) is 37.4 Å². The quantitative estimate of drug-likeness (QED) is 0.871. The fourth-order valence-corrected chi connectivity index (χ4v) is 2.58. The van der Waals surface area contributed by atoms with E-state index >= 15 is 0 Å². The third-order valence-electron chi connectivity index (χ3n) is 3.59. The molecule has 2 aromatic rings. The van der Waals surface area contributed by atoms with E-state index in [-0.39, 0.29) is 30.5 Å². The number of benzene rings is 1. The Morgan fingerprint density at radius 2 is 2.05 bits per heavy atom. The Morgan fingerprint density at radius 1 is 1.32 bits per heavy atom. The van der Waals surface area contributed by atoms with Gasteiger partial charge in [0.15, 0.2) is 5.82 Å². The number of nitrogens with zero attached hydrogens (tertiary/aromatic N) is 3. The summed E-state index contributed by atoms with van der Waals surface area (Å²) in [5.41, 5.74) is 0.207. The minimum atomic E-state index is -0.714. The molecule has 0 N–H and O–H groups in total. The molecule has 1 fully saturated rings. The highest BCUT2D eigenvalue weighted by Gasteiger charge is 2.35. The van der Waals surface area contributed by atoms with Gasteiger partial charge in [0.1, 0.15) is 11.6 Å². The first kappa shape index (κ1) is 14.6. The molecule has 0 saturated carbocycles. The molecule has 7 heteroatoms. The van der Waals surface area contributed by atoms with Gasteiger partial charge in [-0.2, -0.15) is 4.98 Å². The van der Waals surface area contributed by atoms with Crippen LogP contribution in [0.2, 0.25) is 0 Å². The average molecular weight is 307 g/mol. The third kappa shape index (κ3) is 2.84. The number of rotatable bonds is 4. The van der Waals surface area contributed by atoms with Gasteiger partial charge in [0.25, 0.3) is 0 Å². The first-order chi connectivity index (χ1) is 10.6. The molecule has 0 radical (unpaired) electrons. The second kappa shape index (κ2) is 5.82. The van der Waals surface area contributed by atoms with Crippen molar-refractivity contribution in [3.05, 3.63) is 41.5 Å². The van der Waals surface area contributed by atoms with Crippen LogP contribution in [0, 0.1) is 11.6 Å². The van der Waals surface area contributed by atoms with Gasteiger partial charge in [-0.1, -0.05) is 12.1 Å². The van der Waals surface area contributed by atoms with Crippen LogP contribution in [-0.2, 0) is 11.2 Å². The van der Waals surface area contributed by atoms with Crippen molar-refractivity contribution >= 4 is 11.6 Å². The molecule has 1 saturated heterocycles. The molecule has 1 atom stereocenters. The topological polar surface area (TPSA) is 59.2 Å². The van der Waals surface area contributed by atoms with Crippen molar-refractivity contribution in [2.45, 2.75) is 32.1 Å². The SMILES string of the molecule is CCCc1noc(C2CC(=O)N(c3cc(F)cc(F)c3)C2)n1. The van der Waals surface area contributed by atoms with Crippen molar-refractivity contribution in [3.63, 3.8) is 0 Å². The molecule has 1 amide bonds. The van der Waals surface area contributed by atoms with E-state index in [9.17, 15) is 13.6 Å². The van der Waals surface area contributed by atoms with Gasteiger partial charge in [-0.25, -0.2) is 8.78 Å². The highest BCUT2D eigenvalue weighted by Crippen LogP contribution is 2.31. The Morgan fingerprint density at radius 3 is 2.73 bits per heavy atom. The lowest BCUT2D eigenvalue weighted by Gasteiger charge is -2.16. The molecule has 1 aromatic heterocycles. The molecular weight excluding hydrogens is 292 g/mol. The van der Waals surface area contributed by atoms with Crippen LogP contribution in [0.5, 0.6) is 0 Å². The van der Waals surface area contributed by atoms with Gasteiger partial charge in [0.2, 0.25) is 11.8 Å². The highest BCUT2D eigenvalue weighted by molar-refractivity contribution is 5.96. The Bertz CT molecular complexity index is 682. The van der Waals surface area contributed by atoms with Crippen LogP contribution in [-0.4, -0.2) is 22.6 Å². The summed E-state index contributed by atoms with van der Waals surface area (Å²) in [5.74, 6) is -0.887. The van der Waals surface area contributed by atoms with Gasteiger partial charge in [-0.15, -0.1) is 0 Å². The second-order valence-electron chi connectivity index (χ2n) is 5.33. The number of aromatic nitrogens is 2. The number of amides is 1. The van der Waals surface area contributed by atoms with E-state index in [0.29, 0.717) is 18.1 Å². The van der Waals surface area contributed by atoms with Gasteiger partial charge >= 0.3 is 0 Å². The first-order valence-corrected chi connectivity index (χ1v) is 7.15. The maximum atomic E-state index is 13.3. The highest BCUT2D eigenvalue weighted by atomic mass is 19.1. The Balaban J connectivity index is 1.80. The van der Waals surface area contributed by atoms with Crippen molar-refractivity contribution in [3.8, 4) is 0 Å². The summed E-state index contributed by atoms with van der Waals surface area (Å²) in [6.45, 7) is 2.28. The zero-order valence-electron chi connectivity index (χ0n) is 12.1. The predicted octanol–water partition coefficient (Wildman–Crippen LogP) is 2.82. The molecule has 3 rings (SSSR count). The molecule has 0 bridgehead atoms. The second-order valence-corrected chi connectivity index (χ2v) is 5.33. The van der Waals surface area contributed by atoms with E-state index in [4.69, 9.17) is 4.52 Å². The minimum absolute atomic E-state index is 0.186. The summed E-state index contributed by atoms with van der Waals surface area (Å²) < 4.78 is 31.8. The maximum Gasteiger partial charge on any atom is 0.232 e. The van der Waals surface area contributed by atoms with E-state index in [1.54, 1.807) is 0 Å². The molecular formula is C15H15F2N3O2. The molecule has 1 aliphatic rings. The van der Waals surface area contributed by atoms with E-state index in [0.717, 1.165) is 24.6 Å². The number of hydrogen-bond donors (Lipinski definition) is 0. The van der Waals surface area contributed by atoms with Crippen molar-refractivity contribution in [1.82, 2.24) is 10.1 Å². The van der Waals surface area contributed by atoms with Crippen molar-refractivity contribution in [1.29, 1.82) is 0 Å². The lowest BCUT2D eigenvalue weighted by Crippen LogP contribution is -2.24. The number of aryl methyl sites for hydroxylation is 1. The summed E-state index contributed by atoms with van der Waals surface area (Å²) >= 11 is 0. The summed E-state index contributed by atoms with van der Waals surface area (Å²) in [7, 11) is 0. The fraction of sp³-hybridized carbons (Fsp3) is 0.400. The molecule has 0 aliphatic carbocycles. The molecule has 1 unspecified atom stereocenters. The van der Waals surface area contributed by atoms with E-state index in [1.807, 2.05) is 6.92 Å². The van der Waals surface area contributed by atoms with E-state index in [2.05, 4.69) is 10.1 Å². The molecule has 22 heavy (non-hydrogen) atoms. The molecule has 1 aliphatic heterocycles. The van der Waals surface area contributed by atoms with Gasteiger partial charge in [-0.3, -0.25) is 4.79 Å². The molecule has 116 valence electrons. The molecule has 5 nitrogen and oxygen atoms in total. The smallest absolute Gasteiger partial charge is 0.232 e. The average Bonchev–Trinajstić information content (AvgIpc) is 3.05. The van der Waals surface area contributed by atoms with Crippen LogP contribution in [0.15, 0.2) is 22.7 Å².